The molecule has 1 heterocycles. The third-order valence-corrected chi connectivity index (χ3v) is 5.59. The van der Waals surface area contributed by atoms with Gasteiger partial charge in [0.1, 0.15) is 6.04 Å². The monoisotopic (exact) mass is 341 g/mol. The first-order valence-electron chi connectivity index (χ1n) is 7.39. The number of piperidine rings is 1. The molecular weight excluding hydrogens is 322 g/mol. The van der Waals surface area contributed by atoms with Crippen molar-refractivity contribution in [1.82, 2.24) is 4.31 Å². The van der Waals surface area contributed by atoms with Gasteiger partial charge in [-0.1, -0.05) is 6.07 Å². The summed E-state index contributed by atoms with van der Waals surface area (Å²) in [5, 5.41) is 9.25. The molecule has 1 aliphatic rings. The molecule has 1 N–H and O–H groups in total. The van der Waals surface area contributed by atoms with Gasteiger partial charge in [0.2, 0.25) is 10.0 Å². The van der Waals surface area contributed by atoms with Gasteiger partial charge in [-0.15, -0.1) is 0 Å². The maximum Gasteiger partial charge on any atom is 0.338 e. The molecule has 0 amide bonds. The van der Waals surface area contributed by atoms with Crippen LogP contribution in [0.3, 0.4) is 0 Å². The van der Waals surface area contributed by atoms with E-state index in [4.69, 9.17) is 4.74 Å². The minimum Gasteiger partial charge on any atom is -0.480 e. The van der Waals surface area contributed by atoms with Crippen LogP contribution in [0.5, 0.6) is 0 Å². The lowest BCUT2D eigenvalue weighted by Gasteiger charge is -2.31. The molecule has 1 unspecified atom stereocenters. The first-order valence-corrected chi connectivity index (χ1v) is 8.83. The normalized spacial score (nSPS) is 19.3. The second-order valence-electron chi connectivity index (χ2n) is 5.21. The summed E-state index contributed by atoms with van der Waals surface area (Å²) in [5.74, 6) is -1.77. The number of carboxylic acid groups (broad SMARTS) is 1. The van der Waals surface area contributed by atoms with E-state index in [-0.39, 0.29) is 30.0 Å². The highest BCUT2D eigenvalue weighted by Gasteiger charge is 2.37. The molecule has 2 rings (SSSR count). The van der Waals surface area contributed by atoms with Crippen molar-refractivity contribution >= 4 is 22.0 Å². The van der Waals surface area contributed by atoms with E-state index in [1.165, 1.54) is 24.3 Å². The van der Waals surface area contributed by atoms with Crippen LogP contribution in [0.25, 0.3) is 0 Å². The first-order chi connectivity index (χ1) is 10.9. The van der Waals surface area contributed by atoms with E-state index in [1.54, 1.807) is 6.92 Å². The highest BCUT2D eigenvalue weighted by Crippen LogP contribution is 2.26. The molecule has 0 aliphatic carbocycles. The summed E-state index contributed by atoms with van der Waals surface area (Å²) in [7, 11) is -3.98. The highest BCUT2D eigenvalue weighted by molar-refractivity contribution is 7.89. The number of rotatable bonds is 5. The average molecular weight is 341 g/mol. The van der Waals surface area contributed by atoms with E-state index in [9.17, 15) is 23.1 Å². The summed E-state index contributed by atoms with van der Waals surface area (Å²) < 4.78 is 31.4. The van der Waals surface area contributed by atoms with Gasteiger partial charge in [0, 0.05) is 6.54 Å². The van der Waals surface area contributed by atoms with Crippen LogP contribution < -0.4 is 0 Å². The number of carbonyl (C=O) groups excluding carboxylic acids is 1. The highest BCUT2D eigenvalue weighted by atomic mass is 32.2. The standard InChI is InChI=1S/C15H19NO6S/c1-2-22-15(19)11-6-5-7-12(10-11)23(20,21)16-9-4-3-8-13(16)14(17)18/h5-7,10,13H,2-4,8-9H2,1H3,(H,17,18). The van der Waals surface area contributed by atoms with Crippen LogP contribution in [0.2, 0.25) is 0 Å². The van der Waals surface area contributed by atoms with E-state index in [1.807, 2.05) is 0 Å². The molecule has 1 atom stereocenters. The average Bonchev–Trinajstić information content (AvgIpc) is 2.55. The Morgan fingerprint density at radius 1 is 1.35 bits per heavy atom. The Hall–Kier alpha value is -1.93. The third-order valence-electron chi connectivity index (χ3n) is 3.69. The maximum atomic E-state index is 12.7. The largest absolute Gasteiger partial charge is 0.480 e. The van der Waals surface area contributed by atoms with Crippen LogP contribution in [0.4, 0.5) is 0 Å². The van der Waals surface area contributed by atoms with E-state index in [0.29, 0.717) is 12.8 Å². The van der Waals surface area contributed by atoms with E-state index < -0.39 is 28.0 Å². The quantitative estimate of drug-likeness (QED) is 0.814. The van der Waals surface area contributed by atoms with Crippen molar-refractivity contribution in [3.05, 3.63) is 29.8 Å². The number of aliphatic carboxylic acids is 1. The summed E-state index contributed by atoms with van der Waals surface area (Å²) in [5.41, 5.74) is 0.122. The number of nitrogens with zero attached hydrogens (tertiary/aromatic N) is 1. The molecule has 0 saturated carbocycles. The molecule has 0 spiro atoms. The van der Waals surface area contributed by atoms with Crippen molar-refractivity contribution in [2.75, 3.05) is 13.2 Å². The van der Waals surface area contributed by atoms with E-state index in [2.05, 4.69) is 0 Å². The zero-order valence-electron chi connectivity index (χ0n) is 12.8. The van der Waals surface area contributed by atoms with E-state index >= 15 is 0 Å². The molecule has 126 valence electrons. The lowest BCUT2D eigenvalue weighted by molar-refractivity contribution is -0.142. The van der Waals surface area contributed by atoms with Gasteiger partial charge in [-0.05, 0) is 44.4 Å². The fraction of sp³-hybridized carbons (Fsp3) is 0.467. The van der Waals surface area contributed by atoms with Crippen LogP contribution in [0, 0.1) is 0 Å². The van der Waals surface area contributed by atoms with E-state index in [0.717, 1.165) is 4.31 Å². The van der Waals surface area contributed by atoms with Gasteiger partial charge >= 0.3 is 11.9 Å². The molecule has 1 aromatic rings. The Balaban J connectivity index is 2.37. The van der Waals surface area contributed by atoms with Gasteiger partial charge in [0.05, 0.1) is 17.1 Å². The summed E-state index contributed by atoms with van der Waals surface area (Å²) in [6.45, 7) is 2.00. The summed E-state index contributed by atoms with van der Waals surface area (Å²) in [6.07, 6.45) is 1.57. The Bertz CT molecular complexity index is 700. The van der Waals surface area contributed by atoms with Crippen molar-refractivity contribution in [3.8, 4) is 0 Å². The number of benzene rings is 1. The maximum absolute atomic E-state index is 12.7. The molecule has 0 aromatic heterocycles. The molecular formula is C15H19NO6S. The number of esters is 1. The lowest BCUT2D eigenvalue weighted by atomic mass is 10.1. The second kappa shape index (κ2) is 7.10. The minimum atomic E-state index is -3.98. The predicted molar refractivity (Wildman–Crippen MR) is 81.6 cm³/mol. The third kappa shape index (κ3) is 3.70. The Kier molecular flexibility index (Phi) is 5.38. The minimum absolute atomic E-state index is 0.101. The van der Waals surface area contributed by atoms with Crippen molar-refractivity contribution in [1.29, 1.82) is 0 Å². The van der Waals surface area contributed by atoms with Crippen LogP contribution in [0.1, 0.15) is 36.5 Å². The van der Waals surface area contributed by atoms with Gasteiger partial charge in [-0.25, -0.2) is 13.2 Å². The second-order valence-corrected chi connectivity index (χ2v) is 7.10. The number of hydrogen-bond donors (Lipinski definition) is 1. The SMILES string of the molecule is CCOC(=O)c1cccc(S(=O)(=O)N2CCCCC2C(=O)O)c1. The van der Waals surface area contributed by atoms with Crippen LogP contribution >= 0.6 is 0 Å². The summed E-state index contributed by atoms with van der Waals surface area (Å²) in [6, 6.07) is 4.41. The molecule has 7 nitrogen and oxygen atoms in total. The number of hydrogen-bond acceptors (Lipinski definition) is 5. The molecule has 1 aliphatic heterocycles. The lowest BCUT2D eigenvalue weighted by Crippen LogP contribution is -2.47. The predicted octanol–water partition coefficient (Wildman–Crippen LogP) is 1.49. The van der Waals surface area contributed by atoms with Crippen molar-refractivity contribution in [2.45, 2.75) is 37.1 Å². The molecule has 1 aromatic carbocycles. The fourth-order valence-electron chi connectivity index (χ4n) is 2.57. The van der Waals surface area contributed by atoms with Gasteiger partial charge in [-0.2, -0.15) is 4.31 Å². The number of ether oxygens (including phenoxy) is 1. The number of sulfonamides is 1. The fourth-order valence-corrected chi connectivity index (χ4v) is 4.27. The first kappa shape index (κ1) is 17.4. The van der Waals surface area contributed by atoms with Gasteiger partial charge in [-0.3, -0.25) is 4.79 Å². The van der Waals surface area contributed by atoms with Crippen molar-refractivity contribution < 1.29 is 27.9 Å². The summed E-state index contributed by atoms with van der Waals surface area (Å²) >= 11 is 0. The molecule has 1 fully saturated rings. The zero-order chi connectivity index (χ0) is 17.0. The number of carbonyl (C=O) groups is 2. The van der Waals surface area contributed by atoms with Crippen LogP contribution in [-0.2, 0) is 19.6 Å². The van der Waals surface area contributed by atoms with Crippen LogP contribution in [0.15, 0.2) is 29.2 Å². The topological polar surface area (TPSA) is 101 Å². The molecule has 23 heavy (non-hydrogen) atoms. The Labute approximate surface area is 134 Å². The van der Waals surface area contributed by atoms with Crippen molar-refractivity contribution in [3.63, 3.8) is 0 Å². The molecule has 0 radical (unpaired) electrons. The zero-order valence-corrected chi connectivity index (χ0v) is 13.6. The molecule has 0 bridgehead atoms. The van der Waals surface area contributed by atoms with Gasteiger partial charge in [0.15, 0.2) is 0 Å². The summed E-state index contributed by atoms with van der Waals surface area (Å²) in [4.78, 5) is 23.0. The van der Waals surface area contributed by atoms with Crippen LogP contribution in [-0.4, -0.2) is 49.0 Å². The molecule has 1 saturated heterocycles. The van der Waals surface area contributed by atoms with Gasteiger partial charge in [0.25, 0.3) is 0 Å². The Morgan fingerprint density at radius 2 is 2.09 bits per heavy atom. The smallest absolute Gasteiger partial charge is 0.338 e. The number of carboxylic acids is 1. The Morgan fingerprint density at radius 3 is 2.74 bits per heavy atom. The van der Waals surface area contributed by atoms with Crippen molar-refractivity contribution in [2.24, 2.45) is 0 Å². The van der Waals surface area contributed by atoms with Gasteiger partial charge < -0.3 is 9.84 Å². The molecule has 8 heteroatoms.